The number of benzene rings is 3. The molecule has 9 heteroatoms. The molecule has 0 saturated heterocycles. The summed E-state index contributed by atoms with van der Waals surface area (Å²) in [5, 5.41) is 5.65. The molecular weight excluding hydrogens is 466 g/mol. The van der Waals surface area contributed by atoms with Crippen LogP contribution >= 0.6 is 0 Å². The molecule has 0 aromatic heterocycles. The fourth-order valence-electron chi connectivity index (χ4n) is 3.37. The Labute approximate surface area is 205 Å². The van der Waals surface area contributed by atoms with Gasteiger partial charge in [0.05, 0.1) is 12.0 Å². The van der Waals surface area contributed by atoms with E-state index in [1.165, 1.54) is 19.2 Å². The fourth-order valence-corrected chi connectivity index (χ4v) is 4.46. The molecule has 0 atom stereocenters. The molecule has 3 aromatic rings. The van der Waals surface area contributed by atoms with Gasteiger partial charge in [-0.2, -0.15) is 0 Å². The van der Waals surface area contributed by atoms with Gasteiger partial charge >= 0.3 is 0 Å². The SMILES string of the molecule is CCCC(=O)Nc1cccc(CNC(=O)c2cc(S(=O)(=O)Nc3ccc(OC)cc3)ccc2C)c1. The lowest BCUT2D eigenvalue weighted by molar-refractivity contribution is -0.116. The van der Waals surface area contributed by atoms with Crippen molar-refractivity contribution in [3.8, 4) is 5.75 Å². The van der Waals surface area contributed by atoms with Gasteiger partial charge in [-0.3, -0.25) is 14.3 Å². The van der Waals surface area contributed by atoms with Crippen LogP contribution in [0.1, 0.15) is 41.3 Å². The van der Waals surface area contributed by atoms with Gasteiger partial charge in [-0.05, 0) is 73.0 Å². The van der Waals surface area contributed by atoms with Crippen molar-refractivity contribution in [3.63, 3.8) is 0 Å². The third-order valence-corrected chi connectivity index (χ3v) is 6.63. The minimum atomic E-state index is -3.91. The maximum Gasteiger partial charge on any atom is 0.261 e. The molecule has 3 rings (SSSR count). The summed E-state index contributed by atoms with van der Waals surface area (Å²) in [6.45, 7) is 3.89. The second-order valence-electron chi connectivity index (χ2n) is 7.99. The molecule has 0 unspecified atom stereocenters. The van der Waals surface area contributed by atoms with Crippen LogP contribution in [0, 0.1) is 6.92 Å². The predicted octanol–water partition coefficient (Wildman–Crippen LogP) is 4.47. The topological polar surface area (TPSA) is 114 Å². The Morgan fingerprint density at radius 1 is 0.943 bits per heavy atom. The molecular formula is C26H29N3O5S. The lowest BCUT2D eigenvalue weighted by atomic mass is 10.1. The van der Waals surface area contributed by atoms with E-state index in [1.807, 2.05) is 13.0 Å². The third-order valence-electron chi connectivity index (χ3n) is 5.25. The van der Waals surface area contributed by atoms with Gasteiger partial charge in [-0.15, -0.1) is 0 Å². The monoisotopic (exact) mass is 495 g/mol. The Morgan fingerprint density at radius 3 is 2.37 bits per heavy atom. The number of aryl methyl sites for hydroxylation is 1. The quantitative estimate of drug-likeness (QED) is 0.384. The van der Waals surface area contributed by atoms with Crippen LogP contribution in [0.3, 0.4) is 0 Å². The molecule has 184 valence electrons. The van der Waals surface area contributed by atoms with Gasteiger partial charge in [-0.1, -0.05) is 25.1 Å². The first kappa shape index (κ1) is 25.8. The van der Waals surface area contributed by atoms with Crippen molar-refractivity contribution >= 4 is 33.2 Å². The number of amides is 2. The van der Waals surface area contributed by atoms with Crippen molar-refractivity contribution < 1.29 is 22.7 Å². The molecule has 0 fully saturated rings. The normalized spacial score (nSPS) is 10.9. The average molecular weight is 496 g/mol. The summed E-state index contributed by atoms with van der Waals surface area (Å²) in [5.74, 6) is 0.145. The van der Waals surface area contributed by atoms with Gasteiger partial charge in [0.2, 0.25) is 5.91 Å². The van der Waals surface area contributed by atoms with Crippen LogP contribution in [0.25, 0.3) is 0 Å². The Kier molecular flexibility index (Phi) is 8.48. The van der Waals surface area contributed by atoms with Gasteiger partial charge in [0.15, 0.2) is 0 Å². The van der Waals surface area contributed by atoms with E-state index in [0.717, 1.165) is 12.0 Å². The fraction of sp³-hybridized carbons (Fsp3) is 0.231. The number of hydrogen-bond donors (Lipinski definition) is 3. The summed E-state index contributed by atoms with van der Waals surface area (Å²) in [5.41, 5.74) is 2.74. The smallest absolute Gasteiger partial charge is 0.261 e. The molecule has 3 aromatic carbocycles. The molecule has 0 aliphatic carbocycles. The summed E-state index contributed by atoms with van der Waals surface area (Å²) in [7, 11) is -2.38. The number of hydrogen-bond acceptors (Lipinski definition) is 5. The first-order valence-electron chi connectivity index (χ1n) is 11.2. The molecule has 0 bridgehead atoms. The van der Waals surface area contributed by atoms with E-state index in [-0.39, 0.29) is 22.9 Å². The minimum absolute atomic E-state index is 0.0234. The maximum absolute atomic E-state index is 12.9. The van der Waals surface area contributed by atoms with Crippen LogP contribution in [-0.4, -0.2) is 27.3 Å². The third kappa shape index (κ3) is 7.07. The highest BCUT2D eigenvalue weighted by Gasteiger charge is 2.18. The van der Waals surface area contributed by atoms with Gasteiger partial charge in [0, 0.05) is 29.9 Å². The van der Waals surface area contributed by atoms with Gasteiger partial charge in [-0.25, -0.2) is 8.42 Å². The number of carbonyl (C=O) groups is 2. The highest BCUT2D eigenvalue weighted by atomic mass is 32.2. The van der Waals surface area contributed by atoms with E-state index in [4.69, 9.17) is 4.74 Å². The van der Waals surface area contributed by atoms with E-state index in [1.54, 1.807) is 55.5 Å². The second kappa shape index (κ2) is 11.5. The van der Waals surface area contributed by atoms with Crippen LogP contribution in [0.5, 0.6) is 5.75 Å². The summed E-state index contributed by atoms with van der Waals surface area (Å²) >= 11 is 0. The number of methoxy groups -OCH3 is 1. The highest BCUT2D eigenvalue weighted by molar-refractivity contribution is 7.92. The van der Waals surface area contributed by atoms with Gasteiger partial charge in [0.1, 0.15) is 5.75 Å². The van der Waals surface area contributed by atoms with Crippen molar-refractivity contribution in [2.24, 2.45) is 0 Å². The first-order chi connectivity index (χ1) is 16.7. The van der Waals surface area contributed by atoms with Crippen LogP contribution in [0.4, 0.5) is 11.4 Å². The number of rotatable bonds is 10. The van der Waals surface area contributed by atoms with Crippen molar-refractivity contribution in [2.45, 2.75) is 38.1 Å². The van der Waals surface area contributed by atoms with Crippen LogP contribution in [-0.2, 0) is 21.4 Å². The molecule has 0 aliphatic heterocycles. The molecule has 2 amide bonds. The second-order valence-corrected chi connectivity index (χ2v) is 9.67. The van der Waals surface area contributed by atoms with Crippen LogP contribution < -0.4 is 20.1 Å². The number of ether oxygens (including phenoxy) is 1. The lowest BCUT2D eigenvalue weighted by Gasteiger charge is -2.13. The van der Waals surface area contributed by atoms with Crippen molar-refractivity contribution in [1.82, 2.24) is 5.32 Å². The van der Waals surface area contributed by atoms with E-state index in [2.05, 4.69) is 15.4 Å². The molecule has 0 radical (unpaired) electrons. The van der Waals surface area contributed by atoms with E-state index >= 15 is 0 Å². The predicted molar refractivity (Wildman–Crippen MR) is 136 cm³/mol. The summed E-state index contributed by atoms with van der Waals surface area (Å²) in [6.07, 6.45) is 1.19. The molecule has 0 aliphatic rings. The maximum atomic E-state index is 12.9. The number of anilines is 2. The zero-order valence-corrected chi connectivity index (χ0v) is 20.7. The van der Waals surface area contributed by atoms with Crippen LogP contribution in [0.15, 0.2) is 71.6 Å². The Bertz CT molecular complexity index is 1300. The minimum Gasteiger partial charge on any atom is -0.497 e. The lowest BCUT2D eigenvalue weighted by Crippen LogP contribution is -2.24. The molecule has 0 heterocycles. The number of sulfonamides is 1. The molecule has 0 saturated carbocycles. The Balaban J connectivity index is 1.71. The molecule has 0 spiro atoms. The Morgan fingerprint density at radius 2 is 1.69 bits per heavy atom. The molecule has 3 N–H and O–H groups in total. The molecule has 35 heavy (non-hydrogen) atoms. The van der Waals surface area contributed by atoms with Crippen molar-refractivity contribution in [1.29, 1.82) is 0 Å². The zero-order chi connectivity index (χ0) is 25.4. The van der Waals surface area contributed by atoms with E-state index < -0.39 is 15.9 Å². The van der Waals surface area contributed by atoms with E-state index in [9.17, 15) is 18.0 Å². The summed E-state index contributed by atoms with van der Waals surface area (Å²) < 4.78 is 33.4. The van der Waals surface area contributed by atoms with E-state index in [0.29, 0.717) is 29.1 Å². The average Bonchev–Trinajstić information content (AvgIpc) is 2.83. The van der Waals surface area contributed by atoms with Crippen molar-refractivity contribution in [3.05, 3.63) is 83.4 Å². The Hall–Kier alpha value is -3.85. The van der Waals surface area contributed by atoms with Gasteiger partial charge in [0.25, 0.3) is 15.9 Å². The zero-order valence-electron chi connectivity index (χ0n) is 19.9. The summed E-state index contributed by atoms with van der Waals surface area (Å²) in [4.78, 5) is 24.7. The first-order valence-corrected chi connectivity index (χ1v) is 12.6. The standard InChI is InChI=1S/C26H29N3O5S/c1-4-6-25(30)28-21-8-5-7-19(15-21)17-27-26(31)24-16-23(14-9-18(24)2)35(32,33)29-20-10-12-22(34-3)13-11-20/h5,7-16,29H,4,6,17H2,1-3H3,(H,27,31)(H,28,30). The highest BCUT2D eigenvalue weighted by Crippen LogP contribution is 2.21. The largest absolute Gasteiger partial charge is 0.497 e. The summed E-state index contributed by atoms with van der Waals surface area (Å²) in [6, 6.07) is 18.1. The number of carbonyl (C=O) groups excluding carboxylic acids is 2. The van der Waals surface area contributed by atoms with Gasteiger partial charge < -0.3 is 15.4 Å². The number of nitrogens with one attached hydrogen (secondary N) is 3. The van der Waals surface area contributed by atoms with Crippen LogP contribution in [0.2, 0.25) is 0 Å². The molecule has 8 nitrogen and oxygen atoms in total. The van der Waals surface area contributed by atoms with Crippen molar-refractivity contribution in [2.75, 3.05) is 17.1 Å².